The van der Waals surface area contributed by atoms with Gasteiger partial charge in [-0.3, -0.25) is 9.36 Å². The van der Waals surface area contributed by atoms with Crippen molar-refractivity contribution in [3.8, 4) is 5.69 Å². The first-order valence-corrected chi connectivity index (χ1v) is 9.54. The highest BCUT2D eigenvalue weighted by Crippen LogP contribution is 2.21. The molecule has 0 spiro atoms. The molecule has 0 aliphatic carbocycles. The van der Waals surface area contributed by atoms with Gasteiger partial charge in [-0.15, -0.1) is 0 Å². The van der Waals surface area contributed by atoms with Crippen molar-refractivity contribution in [2.75, 3.05) is 0 Å². The summed E-state index contributed by atoms with van der Waals surface area (Å²) in [5.41, 5.74) is 4.70. The monoisotopic (exact) mass is 377 g/mol. The van der Waals surface area contributed by atoms with Gasteiger partial charge in [0.2, 0.25) is 0 Å². The fourth-order valence-electron chi connectivity index (χ4n) is 3.60. The van der Waals surface area contributed by atoms with Crippen molar-refractivity contribution in [1.29, 1.82) is 0 Å². The van der Waals surface area contributed by atoms with Crippen molar-refractivity contribution in [3.63, 3.8) is 0 Å². The van der Waals surface area contributed by atoms with E-state index in [1.165, 1.54) is 0 Å². The average Bonchev–Trinajstić information content (AvgIpc) is 3.16. The Morgan fingerprint density at radius 1 is 0.862 bits per heavy atom. The molecule has 1 N–H and O–H groups in total. The van der Waals surface area contributed by atoms with Crippen LogP contribution in [-0.2, 0) is 0 Å². The van der Waals surface area contributed by atoms with E-state index in [2.05, 4.69) is 11.1 Å². The molecule has 4 heteroatoms. The van der Waals surface area contributed by atoms with Gasteiger partial charge in [0.15, 0.2) is 0 Å². The molecule has 0 saturated heterocycles. The molecule has 0 amide bonds. The summed E-state index contributed by atoms with van der Waals surface area (Å²) in [6.45, 7) is 2.03. The summed E-state index contributed by atoms with van der Waals surface area (Å²) in [6, 6.07) is 23.5. The molecule has 2 heterocycles. The Morgan fingerprint density at radius 3 is 2.41 bits per heavy atom. The van der Waals surface area contributed by atoms with Gasteiger partial charge in [0.05, 0.1) is 16.6 Å². The van der Waals surface area contributed by atoms with Crippen LogP contribution in [0.1, 0.15) is 17.0 Å². The SMILES string of the molecule is Cc1ccc(-n2c(/C=C\c3c[nH]c4ccccc34)nc3ccccc3c2=O)cc1. The molecule has 0 fully saturated rings. The summed E-state index contributed by atoms with van der Waals surface area (Å²) in [5.74, 6) is 0.600. The second-order valence-electron chi connectivity index (χ2n) is 7.09. The van der Waals surface area contributed by atoms with Gasteiger partial charge in [-0.25, -0.2) is 4.98 Å². The van der Waals surface area contributed by atoms with Gasteiger partial charge in [0.25, 0.3) is 5.56 Å². The third-order valence-corrected chi connectivity index (χ3v) is 5.13. The van der Waals surface area contributed by atoms with Gasteiger partial charge in [-0.1, -0.05) is 48.0 Å². The Bertz CT molecular complexity index is 1420. The number of para-hydroxylation sites is 2. The first-order chi connectivity index (χ1) is 14.2. The Balaban J connectivity index is 1.72. The van der Waals surface area contributed by atoms with Gasteiger partial charge >= 0.3 is 0 Å². The molecule has 2 aromatic heterocycles. The predicted octanol–water partition coefficient (Wildman–Crippen LogP) is 5.35. The molecule has 0 bridgehead atoms. The number of rotatable bonds is 3. The van der Waals surface area contributed by atoms with Crippen molar-refractivity contribution in [1.82, 2.24) is 14.5 Å². The van der Waals surface area contributed by atoms with Gasteiger partial charge in [-0.2, -0.15) is 0 Å². The van der Waals surface area contributed by atoms with Crippen molar-refractivity contribution in [3.05, 3.63) is 106 Å². The van der Waals surface area contributed by atoms with Crippen LogP contribution in [0.15, 0.2) is 83.8 Å². The number of aromatic nitrogens is 3. The maximum absolute atomic E-state index is 13.3. The van der Waals surface area contributed by atoms with Crippen LogP contribution in [0.2, 0.25) is 0 Å². The first-order valence-electron chi connectivity index (χ1n) is 9.54. The molecule has 29 heavy (non-hydrogen) atoms. The maximum atomic E-state index is 13.3. The Morgan fingerprint density at radius 2 is 1.59 bits per heavy atom. The third kappa shape index (κ3) is 3.05. The number of nitrogens with zero attached hydrogens (tertiary/aromatic N) is 2. The molecule has 3 aromatic carbocycles. The summed E-state index contributed by atoms with van der Waals surface area (Å²) in [4.78, 5) is 21.3. The number of H-pyrrole nitrogens is 1. The average molecular weight is 377 g/mol. The normalized spacial score (nSPS) is 11.6. The smallest absolute Gasteiger partial charge is 0.266 e. The molecule has 140 valence electrons. The molecule has 0 radical (unpaired) electrons. The van der Waals surface area contributed by atoms with Crippen LogP contribution < -0.4 is 5.56 Å². The van der Waals surface area contributed by atoms with Crippen LogP contribution in [-0.4, -0.2) is 14.5 Å². The summed E-state index contributed by atoms with van der Waals surface area (Å²) in [6.07, 6.45) is 5.87. The van der Waals surface area contributed by atoms with Crippen LogP contribution in [0.5, 0.6) is 0 Å². The Labute approximate surface area is 167 Å². The number of hydrogen-bond acceptors (Lipinski definition) is 2. The predicted molar refractivity (Wildman–Crippen MR) is 119 cm³/mol. The number of aryl methyl sites for hydroxylation is 1. The molecule has 5 rings (SSSR count). The van der Waals surface area contributed by atoms with Crippen LogP contribution >= 0.6 is 0 Å². The minimum atomic E-state index is -0.0713. The number of nitrogens with one attached hydrogen (secondary N) is 1. The van der Waals surface area contributed by atoms with Gasteiger partial charge in [-0.05, 0) is 55.0 Å². The topological polar surface area (TPSA) is 50.7 Å². The fourth-order valence-corrected chi connectivity index (χ4v) is 3.60. The second-order valence-corrected chi connectivity index (χ2v) is 7.09. The number of hydrogen-bond donors (Lipinski definition) is 1. The van der Waals surface area contributed by atoms with E-state index in [0.717, 1.165) is 27.7 Å². The minimum absolute atomic E-state index is 0.0713. The van der Waals surface area contributed by atoms with Gasteiger partial charge in [0.1, 0.15) is 5.82 Å². The molecule has 5 aromatic rings. The van der Waals surface area contributed by atoms with E-state index < -0.39 is 0 Å². The van der Waals surface area contributed by atoms with Gasteiger partial charge in [0, 0.05) is 17.1 Å². The number of aromatic amines is 1. The van der Waals surface area contributed by atoms with E-state index in [1.807, 2.05) is 92.0 Å². The number of benzene rings is 3. The zero-order valence-electron chi connectivity index (χ0n) is 16.0. The van der Waals surface area contributed by atoms with Crippen LogP contribution in [0.4, 0.5) is 0 Å². The molecule has 0 aliphatic rings. The molecule has 4 nitrogen and oxygen atoms in total. The quantitative estimate of drug-likeness (QED) is 0.461. The summed E-state index contributed by atoms with van der Waals surface area (Å²) in [5, 5.41) is 1.74. The largest absolute Gasteiger partial charge is 0.361 e. The lowest BCUT2D eigenvalue weighted by molar-refractivity contribution is 0.943. The van der Waals surface area contributed by atoms with E-state index in [4.69, 9.17) is 4.98 Å². The lowest BCUT2D eigenvalue weighted by atomic mass is 10.1. The van der Waals surface area contributed by atoms with Crippen molar-refractivity contribution >= 4 is 34.0 Å². The Kier molecular flexibility index (Phi) is 4.10. The lowest BCUT2D eigenvalue weighted by Gasteiger charge is -2.11. The van der Waals surface area contributed by atoms with Crippen molar-refractivity contribution < 1.29 is 0 Å². The lowest BCUT2D eigenvalue weighted by Crippen LogP contribution is -2.22. The van der Waals surface area contributed by atoms with Gasteiger partial charge < -0.3 is 4.98 Å². The summed E-state index contributed by atoms with van der Waals surface area (Å²) in [7, 11) is 0. The highest BCUT2D eigenvalue weighted by atomic mass is 16.1. The molecule has 0 unspecified atom stereocenters. The summed E-state index contributed by atoms with van der Waals surface area (Å²) < 4.78 is 1.67. The fraction of sp³-hybridized carbons (Fsp3) is 0.0400. The van der Waals surface area contributed by atoms with Crippen molar-refractivity contribution in [2.24, 2.45) is 0 Å². The molecule has 0 aliphatic heterocycles. The molecule has 0 saturated carbocycles. The maximum Gasteiger partial charge on any atom is 0.266 e. The first kappa shape index (κ1) is 17.2. The van der Waals surface area contributed by atoms with Crippen LogP contribution in [0.25, 0.3) is 39.6 Å². The van der Waals surface area contributed by atoms with E-state index >= 15 is 0 Å². The highest BCUT2D eigenvalue weighted by Gasteiger charge is 2.11. The highest BCUT2D eigenvalue weighted by molar-refractivity contribution is 5.91. The zero-order chi connectivity index (χ0) is 19.8. The third-order valence-electron chi connectivity index (χ3n) is 5.13. The second kappa shape index (κ2) is 6.91. The van der Waals surface area contributed by atoms with E-state index in [0.29, 0.717) is 16.7 Å². The standard InChI is InChI=1S/C25H19N3O/c1-17-10-13-19(14-11-17)28-24(27-23-9-5-3-7-21(23)25(28)29)15-12-18-16-26-22-8-4-2-6-20(18)22/h2-16,26H,1H3/b15-12-. The minimum Gasteiger partial charge on any atom is -0.361 e. The van der Waals surface area contributed by atoms with Crippen LogP contribution in [0, 0.1) is 6.92 Å². The molecular formula is C25H19N3O. The van der Waals surface area contributed by atoms with Crippen LogP contribution in [0.3, 0.4) is 0 Å². The summed E-state index contributed by atoms with van der Waals surface area (Å²) >= 11 is 0. The van der Waals surface area contributed by atoms with E-state index in [1.54, 1.807) is 4.57 Å². The van der Waals surface area contributed by atoms with E-state index in [9.17, 15) is 4.79 Å². The molecule has 0 atom stereocenters. The Hall–Kier alpha value is -3.92. The van der Waals surface area contributed by atoms with E-state index in [-0.39, 0.29) is 5.56 Å². The van der Waals surface area contributed by atoms with Crippen molar-refractivity contribution in [2.45, 2.75) is 6.92 Å². The number of fused-ring (bicyclic) bond motifs is 2. The molecular weight excluding hydrogens is 358 g/mol. The zero-order valence-corrected chi connectivity index (χ0v) is 16.0.